The number of nitrogens with one attached hydrogen (secondary N) is 1. The van der Waals surface area contributed by atoms with Crippen molar-refractivity contribution in [1.29, 1.82) is 0 Å². The molecule has 2 heteroatoms. The van der Waals surface area contributed by atoms with E-state index in [-0.39, 0.29) is 0 Å². The average molecular weight is 286 g/mol. The van der Waals surface area contributed by atoms with E-state index in [0.717, 1.165) is 11.6 Å². The van der Waals surface area contributed by atoms with Crippen LogP contribution in [0, 0.1) is 5.92 Å². The first-order chi connectivity index (χ1) is 9.79. The Morgan fingerprint density at radius 1 is 1.10 bits per heavy atom. The van der Waals surface area contributed by atoms with Gasteiger partial charge < -0.3 is 5.32 Å². The van der Waals surface area contributed by atoms with Crippen LogP contribution in [-0.2, 0) is 0 Å². The molecule has 0 aromatic heterocycles. The standard InChI is InChI=1S/C18H20ClN/c1-2-20-18(14-8-10-15(19)11-9-14)17-12-16(17)13-6-4-3-5-7-13/h3-11,16-18,20H,2,12H2,1H3. The monoisotopic (exact) mass is 285 g/mol. The molecule has 3 atom stereocenters. The summed E-state index contributed by atoms with van der Waals surface area (Å²) < 4.78 is 0. The van der Waals surface area contributed by atoms with Crippen molar-refractivity contribution < 1.29 is 0 Å². The molecule has 2 aromatic rings. The third kappa shape index (κ3) is 2.89. The Morgan fingerprint density at radius 2 is 1.80 bits per heavy atom. The number of hydrogen-bond donors (Lipinski definition) is 1. The van der Waals surface area contributed by atoms with E-state index in [2.05, 4.69) is 54.7 Å². The summed E-state index contributed by atoms with van der Waals surface area (Å²) in [4.78, 5) is 0. The van der Waals surface area contributed by atoms with Crippen LogP contribution in [0.15, 0.2) is 54.6 Å². The van der Waals surface area contributed by atoms with Gasteiger partial charge in [0.25, 0.3) is 0 Å². The molecule has 1 aliphatic carbocycles. The molecule has 0 spiro atoms. The maximum atomic E-state index is 5.99. The van der Waals surface area contributed by atoms with Gasteiger partial charge in [-0.1, -0.05) is 61.0 Å². The molecule has 1 saturated carbocycles. The van der Waals surface area contributed by atoms with Crippen molar-refractivity contribution in [1.82, 2.24) is 5.32 Å². The van der Waals surface area contributed by atoms with Crippen molar-refractivity contribution in [3.8, 4) is 0 Å². The van der Waals surface area contributed by atoms with E-state index in [9.17, 15) is 0 Å². The Hall–Kier alpha value is -1.31. The van der Waals surface area contributed by atoms with E-state index in [1.807, 2.05) is 12.1 Å². The van der Waals surface area contributed by atoms with Gasteiger partial charge in [0.1, 0.15) is 0 Å². The molecule has 20 heavy (non-hydrogen) atoms. The summed E-state index contributed by atoms with van der Waals surface area (Å²) in [7, 11) is 0. The first kappa shape index (κ1) is 13.7. The Bertz CT molecular complexity index is 549. The fourth-order valence-corrected chi connectivity index (χ4v) is 3.20. The third-order valence-electron chi connectivity index (χ3n) is 4.15. The van der Waals surface area contributed by atoms with Crippen LogP contribution >= 0.6 is 11.6 Å². The van der Waals surface area contributed by atoms with Crippen molar-refractivity contribution in [3.63, 3.8) is 0 Å². The quantitative estimate of drug-likeness (QED) is 0.832. The topological polar surface area (TPSA) is 12.0 Å². The van der Waals surface area contributed by atoms with Crippen LogP contribution in [0.25, 0.3) is 0 Å². The molecule has 0 heterocycles. The van der Waals surface area contributed by atoms with Crippen LogP contribution in [0.5, 0.6) is 0 Å². The normalized spacial score (nSPS) is 22.5. The zero-order valence-corrected chi connectivity index (χ0v) is 12.5. The highest BCUT2D eigenvalue weighted by atomic mass is 35.5. The summed E-state index contributed by atoms with van der Waals surface area (Å²) in [6.07, 6.45) is 1.27. The molecule has 1 fully saturated rings. The van der Waals surface area contributed by atoms with E-state index in [1.54, 1.807) is 0 Å². The number of benzene rings is 2. The van der Waals surface area contributed by atoms with Gasteiger partial charge in [-0.3, -0.25) is 0 Å². The molecule has 0 amide bonds. The van der Waals surface area contributed by atoms with Crippen LogP contribution in [0.4, 0.5) is 0 Å². The number of rotatable bonds is 5. The molecule has 1 aliphatic rings. The van der Waals surface area contributed by atoms with Gasteiger partial charge in [0.2, 0.25) is 0 Å². The largest absolute Gasteiger partial charge is 0.310 e. The number of hydrogen-bond acceptors (Lipinski definition) is 1. The van der Waals surface area contributed by atoms with Crippen molar-refractivity contribution >= 4 is 11.6 Å². The summed E-state index contributed by atoms with van der Waals surface area (Å²) in [6.45, 7) is 3.16. The second-order valence-electron chi connectivity index (χ2n) is 5.50. The Balaban J connectivity index is 1.78. The van der Waals surface area contributed by atoms with E-state index >= 15 is 0 Å². The van der Waals surface area contributed by atoms with Crippen LogP contribution in [0.2, 0.25) is 5.02 Å². The molecule has 1 N–H and O–H groups in total. The minimum Gasteiger partial charge on any atom is -0.310 e. The van der Waals surface area contributed by atoms with Crippen molar-refractivity contribution in [2.45, 2.75) is 25.3 Å². The van der Waals surface area contributed by atoms with Gasteiger partial charge in [0.15, 0.2) is 0 Å². The molecule has 2 aromatic carbocycles. The first-order valence-corrected chi connectivity index (χ1v) is 7.71. The lowest BCUT2D eigenvalue weighted by atomic mass is 9.99. The van der Waals surface area contributed by atoms with E-state index < -0.39 is 0 Å². The lowest BCUT2D eigenvalue weighted by Gasteiger charge is -2.19. The first-order valence-electron chi connectivity index (χ1n) is 7.33. The van der Waals surface area contributed by atoms with Crippen molar-refractivity contribution in [2.24, 2.45) is 5.92 Å². The lowest BCUT2D eigenvalue weighted by Crippen LogP contribution is -2.23. The fourth-order valence-electron chi connectivity index (χ4n) is 3.07. The molecule has 0 aliphatic heterocycles. The molecule has 1 nitrogen and oxygen atoms in total. The van der Waals surface area contributed by atoms with E-state index in [1.165, 1.54) is 17.5 Å². The highest BCUT2D eigenvalue weighted by Crippen LogP contribution is 2.54. The van der Waals surface area contributed by atoms with Gasteiger partial charge in [-0.2, -0.15) is 0 Å². The third-order valence-corrected chi connectivity index (χ3v) is 4.40. The molecule has 3 unspecified atom stereocenters. The fraction of sp³-hybridized carbons (Fsp3) is 0.333. The minimum absolute atomic E-state index is 0.433. The molecule has 104 valence electrons. The molecule has 3 rings (SSSR count). The van der Waals surface area contributed by atoms with Crippen LogP contribution < -0.4 is 5.32 Å². The molecule has 0 saturated heterocycles. The van der Waals surface area contributed by atoms with Gasteiger partial charge in [0.05, 0.1) is 0 Å². The number of halogens is 1. The highest BCUT2D eigenvalue weighted by molar-refractivity contribution is 6.30. The summed E-state index contributed by atoms with van der Waals surface area (Å²) >= 11 is 5.99. The summed E-state index contributed by atoms with van der Waals surface area (Å²) in [6, 6.07) is 19.5. The van der Waals surface area contributed by atoms with Crippen molar-refractivity contribution in [3.05, 3.63) is 70.7 Å². The van der Waals surface area contributed by atoms with Gasteiger partial charge in [-0.05, 0) is 48.1 Å². The van der Waals surface area contributed by atoms with Crippen LogP contribution in [-0.4, -0.2) is 6.54 Å². The van der Waals surface area contributed by atoms with Crippen LogP contribution in [0.3, 0.4) is 0 Å². The Labute approximate surface area is 126 Å². The summed E-state index contributed by atoms with van der Waals surface area (Å²) in [5.41, 5.74) is 2.81. The lowest BCUT2D eigenvalue weighted by molar-refractivity contribution is 0.487. The molecular weight excluding hydrogens is 266 g/mol. The summed E-state index contributed by atoms with van der Waals surface area (Å²) in [5.74, 6) is 1.38. The molecular formula is C18H20ClN. The Morgan fingerprint density at radius 3 is 2.45 bits per heavy atom. The Kier molecular flexibility index (Phi) is 4.09. The average Bonchev–Trinajstić information content (AvgIpc) is 3.27. The van der Waals surface area contributed by atoms with Gasteiger partial charge in [-0.25, -0.2) is 0 Å². The molecule has 0 bridgehead atoms. The predicted molar refractivity (Wildman–Crippen MR) is 85.2 cm³/mol. The second-order valence-corrected chi connectivity index (χ2v) is 5.94. The predicted octanol–water partition coefficient (Wildman–Crippen LogP) is 4.79. The maximum absolute atomic E-state index is 5.99. The smallest absolute Gasteiger partial charge is 0.0406 e. The van der Waals surface area contributed by atoms with Crippen LogP contribution in [0.1, 0.15) is 36.4 Å². The minimum atomic E-state index is 0.433. The van der Waals surface area contributed by atoms with Gasteiger partial charge >= 0.3 is 0 Å². The SMILES string of the molecule is CCNC(c1ccc(Cl)cc1)C1CC1c1ccccc1. The molecule has 0 radical (unpaired) electrons. The van der Waals surface area contributed by atoms with Crippen molar-refractivity contribution in [2.75, 3.05) is 6.54 Å². The van der Waals surface area contributed by atoms with Gasteiger partial charge in [0, 0.05) is 11.1 Å². The highest BCUT2D eigenvalue weighted by Gasteiger charge is 2.43. The zero-order chi connectivity index (χ0) is 13.9. The second kappa shape index (κ2) is 5.99. The summed E-state index contributed by atoms with van der Waals surface area (Å²) in [5, 5.41) is 4.44. The van der Waals surface area contributed by atoms with E-state index in [4.69, 9.17) is 11.6 Å². The maximum Gasteiger partial charge on any atom is 0.0406 e. The van der Waals surface area contributed by atoms with E-state index in [0.29, 0.717) is 17.9 Å². The van der Waals surface area contributed by atoms with Gasteiger partial charge in [-0.15, -0.1) is 0 Å². The zero-order valence-electron chi connectivity index (χ0n) is 11.7.